The van der Waals surface area contributed by atoms with Crippen LogP contribution in [-0.4, -0.2) is 33.7 Å². The van der Waals surface area contributed by atoms with Crippen LogP contribution < -0.4 is 4.84 Å². The summed E-state index contributed by atoms with van der Waals surface area (Å²) in [5.74, 6) is 0. The molecular formula is C14H15N3O4. The largest absolute Gasteiger partial charge is 0.434 e. The Hall–Kier alpha value is -2.57. The number of piperidine rings is 1. The molecule has 1 saturated heterocycles. The Morgan fingerprint density at radius 2 is 1.95 bits per heavy atom. The molecule has 110 valence electrons. The number of benzene rings is 1. The minimum Gasteiger partial charge on any atom is -0.317 e. The van der Waals surface area contributed by atoms with Gasteiger partial charge in [0, 0.05) is 36.8 Å². The summed E-state index contributed by atoms with van der Waals surface area (Å²) in [6.45, 7) is 1.42. The molecule has 0 N–H and O–H groups in total. The summed E-state index contributed by atoms with van der Waals surface area (Å²) in [5, 5.41) is 11.4. The summed E-state index contributed by atoms with van der Waals surface area (Å²) >= 11 is 0. The number of rotatable bonds is 2. The third kappa shape index (κ3) is 2.67. The molecule has 0 unspecified atom stereocenters. The van der Waals surface area contributed by atoms with E-state index >= 15 is 0 Å². The minimum absolute atomic E-state index is 0.0163. The lowest BCUT2D eigenvalue weighted by molar-refractivity contribution is -0.384. The number of carbonyl (C=O) groups excluding carboxylic acids is 1. The number of nitro groups is 1. The maximum atomic E-state index is 12.1. The Balaban J connectivity index is 1.80. The summed E-state index contributed by atoms with van der Waals surface area (Å²) in [4.78, 5) is 29.4. The maximum Gasteiger partial charge on any atom is 0.434 e. The first-order chi connectivity index (χ1) is 10.1. The van der Waals surface area contributed by atoms with Crippen molar-refractivity contribution in [1.29, 1.82) is 0 Å². The maximum absolute atomic E-state index is 12.1. The number of carbonyl (C=O) groups is 1. The Morgan fingerprint density at radius 1 is 1.19 bits per heavy atom. The van der Waals surface area contributed by atoms with Crippen molar-refractivity contribution in [3.63, 3.8) is 0 Å². The number of aromatic nitrogens is 1. The van der Waals surface area contributed by atoms with E-state index in [9.17, 15) is 14.9 Å². The smallest absolute Gasteiger partial charge is 0.317 e. The van der Waals surface area contributed by atoms with Crippen molar-refractivity contribution in [2.45, 2.75) is 19.3 Å². The molecule has 0 saturated carbocycles. The van der Waals surface area contributed by atoms with Crippen molar-refractivity contribution < 1.29 is 14.6 Å². The summed E-state index contributed by atoms with van der Waals surface area (Å²) < 4.78 is 1.36. The van der Waals surface area contributed by atoms with Gasteiger partial charge >= 0.3 is 6.09 Å². The van der Waals surface area contributed by atoms with Crippen LogP contribution in [0.25, 0.3) is 10.9 Å². The molecule has 21 heavy (non-hydrogen) atoms. The Labute approximate surface area is 120 Å². The molecule has 0 atom stereocenters. The second kappa shape index (κ2) is 5.43. The fraction of sp³-hybridized carbons (Fsp3) is 0.357. The van der Waals surface area contributed by atoms with E-state index in [4.69, 9.17) is 4.84 Å². The van der Waals surface area contributed by atoms with Crippen molar-refractivity contribution >= 4 is 22.7 Å². The summed E-state index contributed by atoms with van der Waals surface area (Å²) in [5.41, 5.74) is 0.647. The predicted molar refractivity (Wildman–Crippen MR) is 76.0 cm³/mol. The van der Waals surface area contributed by atoms with Gasteiger partial charge in [-0.05, 0) is 31.4 Å². The number of nitro benzene ring substituents is 1. The molecule has 0 spiro atoms. The Bertz CT molecular complexity index is 689. The number of amides is 1. The molecule has 1 aliphatic rings. The highest BCUT2D eigenvalue weighted by molar-refractivity contribution is 5.83. The quantitative estimate of drug-likeness (QED) is 0.629. The van der Waals surface area contributed by atoms with Gasteiger partial charge in [0.1, 0.15) is 0 Å². The number of likely N-dealkylation sites (tertiary alicyclic amines) is 1. The predicted octanol–water partition coefficient (Wildman–Crippen LogP) is 2.58. The van der Waals surface area contributed by atoms with Crippen LogP contribution in [-0.2, 0) is 0 Å². The zero-order valence-corrected chi connectivity index (χ0v) is 11.4. The molecule has 2 heterocycles. The molecule has 2 aromatic rings. The molecule has 1 amide bonds. The van der Waals surface area contributed by atoms with E-state index in [0.29, 0.717) is 24.0 Å². The van der Waals surface area contributed by atoms with Crippen molar-refractivity contribution in [1.82, 2.24) is 9.63 Å². The zero-order valence-electron chi connectivity index (χ0n) is 11.4. The normalized spacial score (nSPS) is 15.1. The zero-order chi connectivity index (χ0) is 14.8. The fourth-order valence-corrected chi connectivity index (χ4v) is 2.52. The first-order valence-electron chi connectivity index (χ1n) is 6.88. The number of hydrogen-bond acceptors (Lipinski definition) is 4. The molecule has 0 aliphatic carbocycles. The molecule has 0 bridgehead atoms. The van der Waals surface area contributed by atoms with Gasteiger partial charge in [-0.2, -0.15) is 4.73 Å². The first kappa shape index (κ1) is 13.4. The van der Waals surface area contributed by atoms with Crippen molar-refractivity contribution in [3.05, 3.63) is 40.6 Å². The van der Waals surface area contributed by atoms with Crippen LogP contribution in [0.4, 0.5) is 10.5 Å². The number of hydrogen-bond donors (Lipinski definition) is 0. The first-order valence-corrected chi connectivity index (χ1v) is 6.88. The van der Waals surface area contributed by atoms with Crippen LogP contribution in [0.3, 0.4) is 0 Å². The summed E-state index contributed by atoms with van der Waals surface area (Å²) in [6, 6.07) is 6.12. The van der Waals surface area contributed by atoms with Crippen molar-refractivity contribution in [2.75, 3.05) is 13.1 Å². The average molecular weight is 289 g/mol. The SMILES string of the molecule is O=C(On1ccc2cc([N+](=O)[O-])ccc21)N1CCCCC1. The standard InChI is InChI=1S/C14H15N3O4/c18-14(15-7-2-1-3-8-15)21-16-9-6-11-10-12(17(19)20)4-5-13(11)16/h4-6,9-10H,1-3,7-8H2. The Kier molecular flexibility index (Phi) is 3.47. The molecular weight excluding hydrogens is 274 g/mol. The third-order valence-electron chi connectivity index (χ3n) is 3.64. The van der Waals surface area contributed by atoms with Crippen LogP contribution in [0.5, 0.6) is 0 Å². The van der Waals surface area contributed by atoms with Crippen LogP contribution in [0, 0.1) is 10.1 Å². The van der Waals surface area contributed by atoms with Crippen molar-refractivity contribution in [3.8, 4) is 0 Å². The van der Waals surface area contributed by atoms with Gasteiger partial charge in [-0.1, -0.05) is 0 Å². The molecule has 1 aromatic heterocycles. The monoisotopic (exact) mass is 289 g/mol. The lowest BCUT2D eigenvalue weighted by Gasteiger charge is -2.25. The molecule has 7 heteroatoms. The molecule has 3 rings (SSSR count). The van der Waals surface area contributed by atoms with Crippen LogP contribution in [0.1, 0.15) is 19.3 Å². The van der Waals surface area contributed by atoms with Gasteiger partial charge < -0.3 is 9.74 Å². The summed E-state index contributed by atoms with van der Waals surface area (Å²) in [6.07, 6.45) is 4.34. The second-order valence-corrected chi connectivity index (χ2v) is 5.05. The van der Waals surface area contributed by atoms with Gasteiger partial charge in [0.2, 0.25) is 0 Å². The van der Waals surface area contributed by atoms with E-state index < -0.39 is 4.92 Å². The molecule has 7 nitrogen and oxygen atoms in total. The third-order valence-corrected chi connectivity index (χ3v) is 3.64. The van der Waals surface area contributed by atoms with Gasteiger partial charge in [0.15, 0.2) is 0 Å². The van der Waals surface area contributed by atoms with Gasteiger partial charge in [-0.3, -0.25) is 10.1 Å². The van der Waals surface area contributed by atoms with Gasteiger partial charge in [-0.25, -0.2) is 4.79 Å². The Morgan fingerprint density at radius 3 is 2.67 bits per heavy atom. The highest BCUT2D eigenvalue weighted by Gasteiger charge is 2.19. The van der Waals surface area contributed by atoms with E-state index in [1.54, 1.807) is 23.2 Å². The number of fused-ring (bicyclic) bond motifs is 1. The molecule has 1 fully saturated rings. The van der Waals surface area contributed by atoms with Crippen LogP contribution >= 0.6 is 0 Å². The summed E-state index contributed by atoms with van der Waals surface area (Å²) in [7, 11) is 0. The van der Waals surface area contributed by atoms with Crippen LogP contribution in [0.15, 0.2) is 30.5 Å². The van der Waals surface area contributed by atoms with Crippen molar-refractivity contribution in [2.24, 2.45) is 0 Å². The van der Waals surface area contributed by atoms with Crippen LogP contribution in [0.2, 0.25) is 0 Å². The number of non-ortho nitro benzene ring substituents is 1. The van der Waals surface area contributed by atoms with E-state index in [1.807, 2.05) is 0 Å². The highest BCUT2D eigenvalue weighted by Crippen LogP contribution is 2.21. The fourth-order valence-electron chi connectivity index (χ4n) is 2.52. The average Bonchev–Trinajstić information content (AvgIpc) is 2.90. The van der Waals surface area contributed by atoms with Gasteiger partial charge in [0.05, 0.1) is 10.4 Å². The van der Waals surface area contributed by atoms with E-state index in [-0.39, 0.29) is 11.8 Å². The highest BCUT2D eigenvalue weighted by atomic mass is 16.7. The second-order valence-electron chi connectivity index (χ2n) is 5.05. The molecule has 1 aromatic carbocycles. The number of nitrogens with zero attached hydrogens (tertiary/aromatic N) is 3. The minimum atomic E-state index is -0.448. The lowest BCUT2D eigenvalue weighted by atomic mass is 10.1. The van der Waals surface area contributed by atoms with Gasteiger partial charge in [-0.15, -0.1) is 0 Å². The molecule has 1 aliphatic heterocycles. The topological polar surface area (TPSA) is 77.6 Å². The molecule has 0 radical (unpaired) electrons. The van der Waals surface area contributed by atoms with E-state index in [2.05, 4.69) is 0 Å². The lowest BCUT2D eigenvalue weighted by Crippen LogP contribution is -2.40. The van der Waals surface area contributed by atoms with E-state index in [0.717, 1.165) is 19.3 Å². The van der Waals surface area contributed by atoms with Gasteiger partial charge in [0.25, 0.3) is 5.69 Å². The van der Waals surface area contributed by atoms with E-state index in [1.165, 1.54) is 16.9 Å².